The van der Waals surface area contributed by atoms with E-state index in [1.807, 2.05) is 13.8 Å². The van der Waals surface area contributed by atoms with Crippen molar-refractivity contribution in [2.45, 2.75) is 20.3 Å². The summed E-state index contributed by atoms with van der Waals surface area (Å²) in [6.45, 7) is 5.25. The molecule has 0 bridgehead atoms. The van der Waals surface area contributed by atoms with Crippen molar-refractivity contribution in [1.82, 2.24) is 10.6 Å². The molecule has 0 saturated heterocycles. The number of rotatable bonds is 8. The molecule has 0 aliphatic rings. The van der Waals surface area contributed by atoms with Crippen LogP contribution in [0.25, 0.3) is 0 Å². The Balaban J connectivity index is 2.13. The van der Waals surface area contributed by atoms with Gasteiger partial charge >= 0.3 is 0 Å². The fourth-order valence-electron chi connectivity index (χ4n) is 1.55. The zero-order valence-corrected chi connectivity index (χ0v) is 12.4. The highest BCUT2D eigenvalue weighted by molar-refractivity contribution is 5.92. The fourth-order valence-corrected chi connectivity index (χ4v) is 1.55. The molecule has 0 aliphatic heterocycles. The highest BCUT2D eigenvalue weighted by Gasteiger charge is 2.04. The lowest BCUT2D eigenvalue weighted by Crippen LogP contribution is -2.33. The van der Waals surface area contributed by atoms with E-state index >= 15 is 0 Å². The van der Waals surface area contributed by atoms with Crippen LogP contribution in [-0.2, 0) is 9.59 Å². The van der Waals surface area contributed by atoms with Gasteiger partial charge in [0.05, 0.1) is 6.54 Å². The molecule has 1 aromatic carbocycles. The second-order valence-corrected chi connectivity index (χ2v) is 5.18. The van der Waals surface area contributed by atoms with E-state index in [4.69, 9.17) is 0 Å². The third-order valence-corrected chi connectivity index (χ3v) is 2.65. The smallest absolute Gasteiger partial charge is 0.238 e. The van der Waals surface area contributed by atoms with Gasteiger partial charge in [-0.2, -0.15) is 0 Å². The largest absolute Gasteiger partial charge is 0.356 e. The molecule has 1 rings (SSSR count). The Morgan fingerprint density at radius 1 is 1.14 bits per heavy atom. The second kappa shape index (κ2) is 9.07. The summed E-state index contributed by atoms with van der Waals surface area (Å²) in [7, 11) is 0. The van der Waals surface area contributed by atoms with Crippen LogP contribution in [0, 0.1) is 11.7 Å². The first-order valence-electron chi connectivity index (χ1n) is 7.00. The van der Waals surface area contributed by atoms with Crippen molar-refractivity contribution >= 4 is 17.5 Å². The molecule has 0 spiro atoms. The number of nitrogens with one attached hydrogen (secondary N) is 3. The van der Waals surface area contributed by atoms with Crippen molar-refractivity contribution in [2.75, 3.05) is 25.0 Å². The van der Waals surface area contributed by atoms with Gasteiger partial charge in [-0.3, -0.25) is 9.59 Å². The summed E-state index contributed by atoms with van der Waals surface area (Å²) < 4.78 is 12.7. The molecule has 6 heteroatoms. The van der Waals surface area contributed by atoms with Crippen molar-refractivity contribution in [3.63, 3.8) is 0 Å². The van der Waals surface area contributed by atoms with E-state index in [2.05, 4.69) is 16.0 Å². The van der Waals surface area contributed by atoms with Gasteiger partial charge in [-0.1, -0.05) is 13.8 Å². The van der Waals surface area contributed by atoms with Crippen LogP contribution in [0.5, 0.6) is 0 Å². The van der Waals surface area contributed by atoms with Gasteiger partial charge in [0.1, 0.15) is 5.82 Å². The van der Waals surface area contributed by atoms with Crippen LogP contribution < -0.4 is 16.0 Å². The maximum absolute atomic E-state index is 12.7. The van der Waals surface area contributed by atoms with Crippen LogP contribution in [0.2, 0.25) is 0 Å². The van der Waals surface area contributed by atoms with E-state index < -0.39 is 0 Å². The summed E-state index contributed by atoms with van der Waals surface area (Å²) in [6, 6.07) is 5.55. The molecule has 0 radical (unpaired) electrons. The Labute approximate surface area is 124 Å². The van der Waals surface area contributed by atoms with E-state index in [1.54, 1.807) is 0 Å². The highest BCUT2D eigenvalue weighted by Crippen LogP contribution is 2.07. The van der Waals surface area contributed by atoms with Gasteiger partial charge in [-0.05, 0) is 30.2 Å². The summed E-state index contributed by atoms with van der Waals surface area (Å²) in [6.07, 6.45) is 0.330. The topological polar surface area (TPSA) is 70.2 Å². The van der Waals surface area contributed by atoms with Crippen LogP contribution in [-0.4, -0.2) is 31.4 Å². The van der Waals surface area contributed by atoms with Crippen LogP contribution >= 0.6 is 0 Å². The highest BCUT2D eigenvalue weighted by atomic mass is 19.1. The number of carbonyl (C=O) groups excluding carboxylic acids is 2. The number of hydrogen-bond acceptors (Lipinski definition) is 3. The van der Waals surface area contributed by atoms with Crippen molar-refractivity contribution in [1.29, 1.82) is 0 Å². The molecular weight excluding hydrogens is 273 g/mol. The summed E-state index contributed by atoms with van der Waals surface area (Å²) in [5.74, 6) is -0.193. The standard InChI is InChI=1S/C15H22FN3O2/c1-11(2)9-18-14(20)7-8-17-10-15(21)19-13-5-3-12(16)4-6-13/h3-6,11,17H,7-10H2,1-2H3,(H,18,20)(H,19,21). The molecule has 0 heterocycles. The number of hydrogen-bond donors (Lipinski definition) is 3. The van der Waals surface area contributed by atoms with Gasteiger partial charge in [0.15, 0.2) is 0 Å². The van der Waals surface area contributed by atoms with Gasteiger partial charge in [-0.25, -0.2) is 4.39 Å². The monoisotopic (exact) mass is 295 g/mol. The summed E-state index contributed by atoms with van der Waals surface area (Å²) in [5, 5.41) is 8.32. The van der Waals surface area contributed by atoms with Crippen LogP contribution in [0.3, 0.4) is 0 Å². The van der Waals surface area contributed by atoms with Gasteiger partial charge < -0.3 is 16.0 Å². The summed E-state index contributed by atoms with van der Waals surface area (Å²) in [4.78, 5) is 23.0. The first-order chi connectivity index (χ1) is 9.97. The molecule has 0 aromatic heterocycles. The fraction of sp³-hybridized carbons (Fsp3) is 0.467. The van der Waals surface area contributed by atoms with Crippen molar-refractivity contribution in [3.05, 3.63) is 30.1 Å². The summed E-state index contributed by atoms with van der Waals surface area (Å²) >= 11 is 0. The zero-order valence-electron chi connectivity index (χ0n) is 12.4. The molecule has 0 saturated carbocycles. The Morgan fingerprint density at radius 2 is 1.81 bits per heavy atom. The van der Waals surface area contributed by atoms with E-state index in [9.17, 15) is 14.0 Å². The molecule has 0 aliphatic carbocycles. The van der Waals surface area contributed by atoms with Crippen LogP contribution in [0.1, 0.15) is 20.3 Å². The van der Waals surface area contributed by atoms with Crippen LogP contribution in [0.15, 0.2) is 24.3 Å². The quantitative estimate of drug-likeness (QED) is 0.637. The van der Waals surface area contributed by atoms with E-state index in [0.717, 1.165) is 0 Å². The van der Waals surface area contributed by atoms with Crippen molar-refractivity contribution in [2.24, 2.45) is 5.92 Å². The SMILES string of the molecule is CC(C)CNC(=O)CCNCC(=O)Nc1ccc(F)cc1. The molecular formula is C15H22FN3O2. The summed E-state index contributed by atoms with van der Waals surface area (Å²) in [5.41, 5.74) is 0.540. The Bertz CT molecular complexity index is 460. The number of carbonyl (C=O) groups is 2. The molecule has 0 unspecified atom stereocenters. The lowest BCUT2D eigenvalue weighted by atomic mass is 10.2. The maximum Gasteiger partial charge on any atom is 0.238 e. The third-order valence-electron chi connectivity index (χ3n) is 2.65. The number of halogens is 1. The van der Waals surface area contributed by atoms with E-state index in [-0.39, 0.29) is 24.2 Å². The molecule has 3 N–H and O–H groups in total. The predicted octanol–water partition coefficient (Wildman–Crippen LogP) is 1.52. The number of amides is 2. The number of anilines is 1. The first-order valence-corrected chi connectivity index (χ1v) is 7.00. The maximum atomic E-state index is 12.7. The van der Waals surface area contributed by atoms with Crippen LogP contribution in [0.4, 0.5) is 10.1 Å². The van der Waals surface area contributed by atoms with Crippen molar-refractivity contribution < 1.29 is 14.0 Å². The minimum Gasteiger partial charge on any atom is -0.356 e. The van der Waals surface area contributed by atoms with Gasteiger partial charge in [0, 0.05) is 25.2 Å². The minimum absolute atomic E-state index is 0.0323. The lowest BCUT2D eigenvalue weighted by Gasteiger charge is -2.08. The van der Waals surface area contributed by atoms with Gasteiger partial charge in [0.2, 0.25) is 11.8 Å². The molecule has 21 heavy (non-hydrogen) atoms. The van der Waals surface area contributed by atoms with Gasteiger partial charge in [-0.15, -0.1) is 0 Å². The Kier molecular flexibility index (Phi) is 7.39. The van der Waals surface area contributed by atoms with Crippen molar-refractivity contribution in [3.8, 4) is 0 Å². The molecule has 0 fully saturated rings. The molecule has 0 atom stereocenters. The molecule has 2 amide bonds. The number of benzene rings is 1. The predicted molar refractivity (Wildman–Crippen MR) is 80.4 cm³/mol. The molecule has 5 nitrogen and oxygen atoms in total. The molecule has 1 aromatic rings. The average molecular weight is 295 g/mol. The second-order valence-electron chi connectivity index (χ2n) is 5.18. The lowest BCUT2D eigenvalue weighted by molar-refractivity contribution is -0.121. The normalized spacial score (nSPS) is 10.5. The third kappa shape index (κ3) is 8.04. The van der Waals surface area contributed by atoms with E-state index in [0.29, 0.717) is 31.1 Å². The minimum atomic E-state index is -0.349. The van der Waals surface area contributed by atoms with E-state index in [1.165, 1.54) is 24.3 Å². The van der Waals surface area contributed by atoms with Gasteiger partial charge in [0.25, 0.3) is 0 Å². The zero-order chi connectivity index (χ0) is 15.7. The Morgan fingerprint density at radius 3 is 2.43 bits per heavy atom. The Hall–Kier alpha value is -1.95. The molecule has 116 valence electrons. The first kappa shape index (κ1) is 17.1. The average Bonchev–Trinajstić information content (AvgIpc) is 2.44.